The Bertz CT molecular complexity index is 658. The number of fused-ring (bicyclic) bond motifs is 1. The van der Waals surface area contributed by atoms with Crippen LogP contribution in [0.5, 0.6) is 0 Å². The molecule has 1 aliphatic heterocycles. The van der Waals surface area contributed by atoms with E-state index in [9.17, 15) is 8.78 Å². The van der Waals surface area contributed by atoms with E-state index in [1.807, 2.05) is 24.3 Å². The number of rotatable bonds is 1. The molecule has 0 radical (unpaired) electrons. The van der Waals surface area contributed by atoms with Gasteiger partial charge in [0.1, 0.15) is 0 Å². The lowest BCUT2D eigenvalue weighted by molar-refractivity contribution is 0.500. The van der Waals surface area contributed by atoms with E-state index in [4.69, 9.17) is 11.6 Å². The van der Waals surface area contributed by atoms with Gasteiger partial charge in [0.25, 0.3) is 0 Å². The van der Waals surface area contributed by atoms with Gasteiger partial charge in [0.15, 0.2) is 11.6 Å². The van der Waals surface area contributed by atoms with E-state index < -0.39 is 11.6 Å². The first-order valence-corrected chi connectivity index (χ1v) is 7.41. The summed E-state index contributed by atoms with van der Waals surface area (Å²) in [5.74, 6) is -1.67. The van der Waals surface area contributed by atoms with Crippen molar-refractivity contribution in [3.05, 3.63) is 62.6 Å². The van der Waals surface area contributed by atoms with Crippen molar-refractivity contribution in [2.45, 2.75) is 18.9 Å². The zero-order valence-electron chi connectivity index (χ0n) is 10.4. The number of halogens is 4. The number of benzene rings is 2. The van der Waals surface area contributed by atoms with Crippen LogP contribution < -0.4 is 5.32 Å². The molecule has 2 aromatic carbocycles. The monoisotopic (exact) mass is 357 g/mol. The third-order valence-corrected chi connectivity index (χ3v) is 4.53. The molecule has 1 N–H and O–H groups in total. The fourth-order valence-electron chi connectivity index (χ4n) is 2.49. The van der Waals surface area contributed by atoms with Crippen LogP contribution in [-0.4, -0.2) is 0 Å². The van der Waals surface area contributed by atoms with Crippen LogP contribution in [0.4, 0.5) is 14.5 Å². The van der Waals surface area contributed by atoms with Gasteiger partial charge in [-0.05, 0) is 58.1 Å². The van der Waals surface area contributed by atoms with Gasteiger partial charge in [-0.15, -0.1) is 0 Å². The maximum absolute atomic E-state index is 13.6. The minimum Gasteiger partial charge on any atom is -0.377 e. The lowest BCUT2D eigenvalue weighted by atomic mass is 9.93. The fourth-order valence-corrected chi connectivity index (χ4v) is 3.17. The Balaban J connectivity index is 1.95. The van der Waals surface area contributed by atoms with Crippen molar-refractivity contribution in [2.75, 3.05) is 5.32 Å². The molecule has 0 amide bonds. The highest BCUT2D eigenvalue weighted by Gasteiger charge is 2.24. The molecule has 1 nitrogen and oxygen atoms in total. The molecule has 5 heteroatoms. The van der Waals surface area contributed by atoms with Gasteiger partial charge >= 0.3 is 0 Å². The molecule has 0 spiro atoms. The summed E-state index contributed by atoms with van der Waals surface area (Å²) < 4.78 is 27.2. The van der Waals surface area contributed by atoms with Crippen LogP contribution in [0.3, 0.4) is 0 Å². The van der Waals surface area contributed by atoms with E-state index in [1.54, 1.807) is 0 Å². The molecule has 20 heavy (non-hydrogen) atoms. The summed E-state index contributed by atoms with van der Waals surface area (Å²) >= 11 is 9.01. The lowest BCUT2D eigenvalue weighted by Crippen LogP contribution is -2.19. The molecular formula is C15H11BrClF2N. The Kier molecular flexibility index (Phi) is 3.69. The maximum atomic E-state index is 13.6. The number of anilines is 1. The van der Waals surface area contributed by atoms with Crippen molar-refractivity contribution in [1.82, 2.24) is 0 Å². The highest BCUT2D eigenvalue weighted by atomic mass is 79.9. The van der Waals surface area contributed by atoms with Crippen LogP contribution in [0.2, 0.25) is 5.02 Å². The smallest absolute Gasteiger partial charge is 0.175 e. The summed E-state index contributed by atoms with van der Waals surface area (Å²) in [5.41, 5.74) is 2.51. The SMILES string of the molecule is Fc1cc2c(c(Br)c1F)NC(c1ccc(Cl)cc1)CC2. The second-order valence-corrected chi connectivity index (χ2v) is 6.04. The molecular weight excluding hydrogens is 348 g/mol. The zero-order valence-corrected chi connectivity index (χ0v) is 12.7. The highest BCUT2D eigenvalue weighted by molar-refractivity contribution is 9.10. The molecule has 1 unspecified atom stereocenters. The van der Waals surface area contributed by atoms with Gasteiger partial charge in [0.05, 0.1) is 16.2 Å². The molecule has 104 valence electrons. The molecule has 0 saturated carbocycles. The summed E-state index contributed by atoms with van der Waals surface area (Å²) in [6.07, 6.45) is 1.53. The van der Waals surface area contributed by atoms with Crippen molar-refractivity contribution in [2.24, 2.45) is 0 Å². The second-order valence-electron chi connectivity index (χ2n) is 4.81. The largest absolute Gasteiger partial charge is 0.377 e. The van der Waals surface area contributed by atoms with Gasteiger partial charge in [0.2, 0.25) is 0 Å². The number of aryl methyl sites for hydroxylation is 1. The Hall–Kier alpha value is -1.13. The van der Waals surface area contributed by atoms with Gasteiger partial charge in [0, 0.05) is 5.02 Å². The molecule has 0 aliphatic carbocycles. The van der Waals surface area contributed by atoms with Crippen LogP contribution in [0.1, 0.15) is 23.6 Å². The Morgan fingerprint density at radius 1 is 1.20 bits per heavy atom. The first-order chi connectivity index (χ1) is 9.56. The van der Waals surface area contributed by atoms with Crippen LogP contribution in [0.25, 0.3) is 0 Å². The Morgan fingerprint density at radius 2 is 1.90 bits per heavy atom. The summed E-state index contributed by atoms with van der Waals surface area (Å²) in [4.78, 5) is 0. The average Bonchev–Trinajstić information content (AvgIpc) is 2.46. The predicted octanol–water partition coefficient (Wildman–Crippen LogP) is 5.48. The van der Waals surface area contributed by atoms with E-state index in [2.05, 4.69) is 21.2 Å². The van der Waals surface area contributed by atoms with Crippen LogP contribution >= 0.6 is 27.5 Å². The highest BCUT2D eigenvalue weighted by Crippen LogP contribution is 2.39. The zero-order chi connectivity index (χ0) is 14.3. The van der Waals surface area contributed by atoms with E-state index in [-0.39, 0.29) is 10.5 Å². The fraction of sp³-hybridized carbons (Fsp3) is 0.200. The van der Waals surface area contributed by atoms with E-state index >= 15 is 0 Å². The number of hydrogen-bond donors (Lipinski definition) is 1. The van der Waals surface area contributed by atoms with E-state index in [0.29, 0.717) is 17.1 Å². The summed E-state index contributed by atoms with van der Waals surface area (Å²) in [6, 6.07) is 8.88. The van der Waals surface area contributed by atoms with Crippen LogP contribution in [-0.2, 0) is 6.42 Å². The molecule has 0 saturated heterocycles. The topological polar surface area (TPSA) is 12.0 Å². The molecule has 0 aromatic heterocycles. The normalized spacial score (nSPS) is 17.5. The van der Waals surface area contributed by atoms with Gasteiger partial charge in [-0.25, -0.2) is 8.78 Å². The van der Waals surface area contributed by atoms with Crippen molar-refractivity contribution in [3.63, 3.8) is 0 Å². The maximum Gasteiger partial charge on any atom is 0.175 e. The predicted molar refractivity (Wildman–Crippen MR) is 80.2 cm³/mol. The molecule has 3 rings (SSSR count). The first kappa shape index (κ1) is 13.8. The Morgan fingerprint density at radius 3 is 2.60 bits per heavy atom. The molecule has 0 bridgehead atoms. The quantitative estimate of drug-likeness (QED) is 0.666. The van der Waals surface area contributed by atoms with Gasteiger partial charge in [-0.2, -0.15) is 0 Å². The van der Waals surface area contributed by atoms with Crippen molar-refractivity contribution in [3.8, 4) is 0 Å². The third kappa shape index (κ3) is 2.42. The summed E-state index contributed by atoms with van der Waals surface area (Å²) in [6.45, 7) is 0. The first-order valence-electron chi connectivity index (χ1n) is 6.24. The Labute approximate surface area is 129 Å². The lowest BCUT2D eigenvalue weighted by Gasteiger charge is -2.28. The molecule has 1 heterocycles. The van der Waals surface area contributed by atoms with Crippen LogP contribution in [0.15, 0.2) is 34.8 Å². The number of hydrogen-bond acceptors (Lipinski definition) is 1. The second kappa shape index (κ2) is 5.34. The van der Waals surface area contributed by atoms with Crippen LogP contribution in [0, 0.1) is 11.6 Å². The number of nitrogens with one attached hydrogen (secondary N) is 1. The minimum atomic E-state index is -0.854. The molecule has 1 atom stereocenters. The third-order valence-electron chi connectivity index (χ3n) is 3.54. The van der Waals surface area contributed by atoms with Gasteiger partial charge in [-0.1, -0.05) is 23.7 Å². The summed E-state index contributed by atoms with van der Waals surface area (Å²) in [5, 5.41) is 3.95. The molecule has 0 fully saturated rings. The van der Waals surface area contributed by atoms with Gasteiger partial charge < -0.3 is 5.32 Å². The average molecular weight is 359 g/mol. The van der Waals surface area contributed by atoms with E-state index in [0.717, 1.165) is 17.5 Å². The minimum absolute atomic E-state index is 0.0703. The van der Waals surface area contributed by atoms with Gasteiger partial charge in [-0.3, -0.25) is 0 Å². The standard InChI is InChI=1S/C15H11BrClF2N/c16-13-14(19)11(18)7-9-3-6-12(20-15(9)13)8-1-4-10(17)5-2-8/h1-2,4-5,7,12,20H,3,6H2. The van der Waals surface area contributed by atoms with Crippen molar-refractivity contribution in [1.29, 1.82) is 0 Å². The van der Waals surface area contributed by atoms with Crippen molar-refractivity contribution < 1.29 is 8.78 Å². The summed E-state index contributed by atoms with van der Waals surface area (Å²) in [7, 11) is 0. The molecule has 2 aromatic rings. The van der Waals surface area contributed by atoms with E-state index in [1.165, 1.54) is 6.07 Å². The van der Waals surface area contributed by atoms with Crippen molar-refractivity contribution >= 4 is 33.2 Å². The molecule has 1 aliphatic rings.